The summed E-state index contributed by atoms with van der Waals surface area (Å²) in [5, 5.41) is 13.7. The number of aromatic nitrogens is 1. The Balaban J connectivity index is 2.32. The number of carboxylic acid groups (broad SMARTS) is 1. The number of nitrogens with zero attached hydrogens (tertiary/aromatic N) is 1. The maximum Gasteiger partial charge on any atom is 0.336 e. The summed E-state index contributed by atoms with van der Waals surface area (Å²) in [5.74, 6) is -1.15. The number of hydrogen-bond donors (Lipinski definition) is 2. The number of thiophene rings is 1. The third kappa shape index (κ3) is 2.61. The van der Waals surface area contributed by atoms with Crippen LogP contribution in [0.25, 0.3) is 0 Å². The summed E-state index contributed by atoms with van der Waals surface area (Å²) in [7, 11) is -3.86. The molecule has 0 saturated carbocycles. The number of carboxylic acids is 1. The predicted molar refractivity (Wildman–Crippen MR) is 68.1 cm³/mol. The van der Waals surface area contributed by atoms with Crippen LogP contribution in [0.4, 0.5) is 5.88 Å². The molecule has 2 heterocycles. The van der Waals surface area contributed by atoms with Gasteiger partial charge in [-0.2, -0.15) is 0 Å². The van der Waals surface area contributed by atoms with Crippen LogP contribution in [0.5, 0.6) is 0 Å². The van der Waals surface area contributed by atoms with Gasteiger partial charge >= 0.3 is 5.97 Å². The molecule has 2 N–H and O–H groups in total. The molecule has 2 aromatic rings. The highest BCUT2D eigenvalue weighted by atomic mass is 32.2. The highest BCUT2D eigenvalue weighted by Crippen LogP contribution is 2.25. The second kappa shape index (κ2) is 4.67. The summed E-state index contributed by atoms with van der Waals surface area (Å²) >= 11 is 0.823. The van der Waals surface area contributed by atoms with Gasteiger partial charge in [-0.05, 0) is 19.9 Å². The highest BCUT2D eigenvalue weighted by molar-refractivity contribution is 7.94. The first kappa shape index (κ1) is 13.6. The minimum Gasteiger partial charge on any atom is -0.478 e. The monoisotopic (exact) mass is 302 g/mol. The first-order valence-electron chi connectivity index (χ1n) is 5.09. The van der Waals surface area contributed by atoms with E-state index in [0.29, 0.717) is 11.3 Å². The number of anilines is 1. The van der Waals surface area contributed by atoms with E-state index in [9.17, 15) is 13.2 Å². The molecule has 0 unspecified atom stereocenters. The van der Waals surface area contributed by atoms with E-state index in [-0.39, 0.29) is 15.7 Å². The number of rotatable bonds is 4. The molecule has 2 aromatic heterocycles. The fourth-order valence-electron chi connectivity index (χ4n) is 1.25. The van der Waals surface area contributed by atoms with Crippen LogP contribution in [-0.2, 0) is 10.0 Å². The van der Waals surface area contributed by atoms with Crippen molar-refractivity contribution in [3.63, 3.8) is 0 Å². The molecule has 0 aromatic carbocycles. The molecule has 9 heteroatoms. The Kier molecular flexibility index (Phi) is 3.33. The number of sulfonamides is 1. The van der Waals surface area contributed by atoms with Gasteiger partial charge in [-0.15, -0.1) is 11.3 Å². The highest BCUT2D eigenvalue weighted by Gasteiger charge is 2.22. The summed E-state index contributed by atoms with van der Waals surface area (Å²) in [6, 6.07) is 1.09. The van der Waals surface area contributed by atoms with Crippen LogP contribution in [0.1, 0.15) is 21.6 Å². The molecule has 0 aliphatic carbocycles. The zero-order valence-corrected chi connectivity index (χ0v) is 11.6. The van der Waals surface area contributed by atoms with Crippen LogP contribution in [0.15, 0.2) is 20.2 Å². The quantitative estimate of drug-likeness (QED) is 0.892. The van der Waals surface area contributed by atoms with Crippen molar-refractivity contribution in [3.8, 4) is 0 Å². The Bertz CT molecular complexity index is 729. The van der Waals surface area contributed by atoms with Crippen molar-refractivity contribution in [3.05, 3.63) is 28.3 Å². The minimum atomic E-state index is -3.86. The lowest BCUT2D eigenvalue weighted by atomic mass is 10.3. The van der Waals surface area contributed by atoms with Gasteiger partial charge in [0.05, 0.1) is 11.3 Å². The van der Waals surface area contributed by atoms with Gasteiger partial charge in [-0.1, -0.05) is 5.16 Å². The lowest BCUT2D eigenvalue weighted by Gasteiger charge is -2.02. The number of aryl methyl sites for hydroxylation is 1. The smallest absolute Gasteiger partial charge is 0.336 e. The Labute approximate surface area is 112 Å². The summed E-state index contributed by atoms with van der Waals surface area (Å²) in [4.78, 5) is 10.7. The van der Waals surface area contributed by atoms with Crippen LogP contribution in [0.2, 0.25) is 0 Å². The number of aromatic carboxylic acids is 1. The zero-order chi connectivity index (χ0) is 14.2. The van der Waals surface area contributed by atoms with Crippen LogP contribution in [0, 0.1) is 13.8 Å². The molecular weight excluding hydrogens is 292 g/mol. The van der Waals surface area contributed by atoms with Crippen LogP contribution in [-0.4, -0.2) is 24.7 Å². The molecule has 0 saturated heterocycles. The first-order valence-corrected chi connectivity index (χ1v) is 7.45. The summed E-state index contributed by atoms with van der Waals surface area (Å²) in [5.41, 5.74) is 1.09. The Morgan fingerprint density at radius 2 is 2.16 bits per heavy atom. The van der Waals surface area contributed by atoms with E-state index >= 15 is 0 Å². The molecule has 0 atom stereocenters. The van der Waals surface area contributed by atoms with Gasteiger partial charge in [0.2, 0.25) is 5.88 Å². The topological polar surface area (TPSA) is 110 Å². The van der Waals surface area contributed by atoms with E-state index in [0.717, 1.165) is 17.4 Å². The van der Waals surface area contributed by atoms with E-state index in [1.54, 1.807) is 13.8 Å². The lowest BCUT2D eigenvalue weighted by molar-refractivity contribution is 0.0697. The van der Waals surface area contributed by atoms with Gasteiger partial charge in [0, 0.05) is 10.9 Å². The predicted octanol–water partition coefficient (Wildman–Crippen LogP) is 1.85. The van der Waals surface area contributed by atoms with Gasteiger partial charge in [-0.3, -0.25) is 0 Å². The van der Waals surface area contributed by atoms with E-state index in [1.807, 2.05) is 0 Å². The molecular formula is C10H10N2O5S2. The van der Waals surface area contributed by atoms with Crippen molar-refractivity contribution >= 4 is 33.2 Å². The lowest BCUT2D eigenvalue weighted by Crippen LogP contribution is -2.11. The average molecular weight is 302 g/mol. The SMILES string of the molecule is Cc1noc(NS(=O)(=O)c2cc(C(=O)O)cs2)c1C. The van der Waals surface area contributed by atoms with Crippen molar-refractivity contribution in [1.29, 1.82) is 0 Å². The molecule has 0 aliphatic heterocycles. The Morgan fingerprint density at radius 3 is 2.63 bits per heavy atom. The van der Waals surface area contributed by atoms with Gasteiger partial charge in [0.1, 0.15) is 4.21 Å². The maximum atomic E-state index is 12.0. The number of nitrogens with one attached hydrogen (secondary N) is 1. The van der Waals surface area contributed by atoms with Gasteiger partial charge in [-0.25, -0.2) is 17.9 Å². The van der Waals surface area contributed by atoms with Crippen molar-refractivity contribution < 1.29 is 22.8 Å². The van der Waals surface area contributed by atoms with Gasteiger partial charge < -0.3 is 9.63 Å². The molecule has 0 spiro atoms. The van der Waals surface area contributed by atoms with E-state index in [1.165, 1.54) is 5.38 Å². The molecule has 0 fully saturated rings. The fourth-order valence-corrected chi connectivity index (χ4v) is 3.45. The zero-order valence-electron chi connectivity index (χ0n) is 10.00. The maximum absolute atomic E-state index is 12.0. The van der Waals surface area contributed by atoms with Crippen molar-refractivity contribution in [1.82, 2.24) is 5.16 Å². The number of hydrogen-bond acceptors (Lipinski definition) is 6. The third-order valence-corrected chi connectivity index (χ3v) is 5.24. The molecule has 102 valence electrons. The molecule has 0 aliphatic rings. The Morgan fingerprint density at radius 1 is 1.47 bits per heavy atom. The second-order valence-electron chi connectivity index (χ2n) is 3.79. The van der Waals surface area contributed by atoms with Crippen molar-refractivity contribution in [2.75, 3.05) is 4.72 Å². The summed E-state index contributed by atoms with van der Waals surface area (Å²) in [6.07, 6.45) is 0. The van der Waals surface area contributed by atoms with E-state index < -0.39 is 16.0 Å². The normalized spacial score (nSPS) is 11.5. The molecule has 0 radical (unpaired) electrons. The third-order valence-electron chi connectivity index (χ3n) is 2.47. The fraction of sp³-hybridized carbons (Fsp3) is 0.200. The average Bonchev–Trinajstić information content (AvgIpc) is 2.92. The van der Waals surface area contributed by atoms with Gasteiger partial charge in [0.25, 0.3) is 10.0 Å². The largest absolute Gasteiger partial charge is 0.478 e. The second-order valence-corrected chi connectivity index (χ2v) is 6.61. The van der Waals surface area contributed by atoms with Crippen molar-refractivity contribution in [2.24, 2.45) is 0 Å². The van der Waals surface area contributed by atoms with Crippen molar-refractivity contribution in [2.45, 2.75) is 18.1 Å². The molecule has 19 heavy (non-hydrogen) atoms. The van der Waals surface area contributed by atoms with Crippen LogP contribution < -0.4 is 4.72 Å². The summed E-state index contributed by atoms with van der Waals surface area (Å²) < 4.78 is 31.0. The van der Waals surface area contributed by atoms with Crippen LogP contribution >= 0.6 is 11.3 Å². The molecule has 2 rings (SSSR count). The van der Waals surface area contributed by atoms with E-state index in [4.69, 9.17) is 9.63 Å². The number of carbonyl (C=O) groups is 1. The molecule has 0 bridgehead atoms. The molecule has 0 amide bonds. The van der Waals surface area contributed by atoms with Gasteiger partial charge in [0.15, 0.2) is 0 Å². The Hall–Kier alpha value is -1.87. The minimum absolute atomic E-state index is 0.0303. The first-order chi connectivity index (χ1) is 8.81. The van der Waals surface area contributed by atoms with Crippen LogP contribution in [0.3, 0.4) is 0 Å². The summed E-state index contributed by atoms with van der Waals surface area (Å²) in [6.45, 7) is 3.35. The molecule has 7 nitrogen and oxygen atoms in total. The standard InChI is InChI=1S/C10H10N2O5S2/c1-5-6(2)11-17-9(5)12-19(15,16)8-3-7(4-18-8)10(13)14/h3-4,12H,1-2H3,(H,13,14). The van der Waals surface area contributed by atoms with E-state index in [2.05, 4.69) is 9.88 Å².